The molecule has 0 aliphatic carbocycles. The van der Waals surface area contributed by atoms with E-state index in [0.29, 0.717) is 5.92 Å². The summed E-state index contributed by atoms with van der Waals surface area (Å²) in [5, 5.41) is 0. The van der Waals surface area contributed by atoms with Gasteiger partial charge in [0, 0.05) is 12.2 Å². The van der Waals surface area contributed by atoms with E-state index in [9.17, 15) is 4.79 Å². The molecule has 2 nitrogen and oxygen atoms in total. The maximum atomic E-state index is 10.8. The number of carbonyl (C=O) groups excluding carboxylic acids is 1. The molecule has 1 radical (unpaired) electrons. The third kappa shape index (κ3) is 3.74. The topological polar surface area (TPSA) is 20.3 Å². The Kier molecular flexibility index (Phi) is 4.88. The van der Waals surface area contributed by atoms with Gasteiger partial charge in [-0.25, -0.2) is 0 Å². The van der Waals surface area contributed by atoms with Gasteiger partial charge >= 0.3 is 6.41 Å². The van der Waals surface area contributed by atoms with Crippen molar-refractivity contribution in [3.63, 3.8) is 0 Å². The third-order valence-corrected chi connectivity index (χ3v) is 2.72. The molecule has 0 aliphatic heterocycles. The lowest BCUT2D eigenvalue weighted by Gasteiger charge is -2.18. The monoisotopic (exact) mass is 204 g/mol. The van der Waals surface area contributed by atoms with Gasteiger partial charge in [0.1, 0.15) is 0 Å². The summed E-state index contributed by atoms with van der Waals surface area (Å²) >= 11 is 0. The van der Waals surface area contributed by atoms with Crippen LogP contribution in [0.4, 0.5) is 5.69 Å². The van der Waals surface area contributed by atoms with Crippen molar-refractivity contribution >= 4 is 12.1 Å². The molecule has 15 heavy (non-hydrogen) atoms. The molecule has 0 heterocycles. The lowest BCUT2D eigenvalue weighted by atomic mass is 10.1. The average Bonchev–Trinajstić information content (AvgIpc) is 2.31. The summed E-state index contributed by atoms with van der Waals surface area (Å²) in [4.78, 5) is 12.5. The quantitative estimate of drug-likeness (QED) is 0.652. The van der Waals surface area contributed by atoms with Crippen LogP contribution in [0.3, 0.4) is 0 Å². The normalized spacial score (nSPS) is 12.1. The summed E-state index contributed by atoms with van der Waals surface area (Å²) in [6, 6.07) is 9.68. The fourth-order valence-corrected chi connectivity index (χ4v) is 1.39. The SMILES string of the molecule is CCC(C)CCN([C]=O)c1ccccc1. The van der Waals surface area contributed by atoms with E-state index in [2.05, 4.69) is 13.8 Å². The lowest BCUT2D eigenvalue weighted by Crippen LogP contribution is -2.23. The summed E-state index contributed by atoms with van der Waals surface area (Å²) < 4.78 is 0. The maximum Gasteiger partial charge on any atom is 0.316 e. The summed E-state index contributed by atoms with van der Waals surface area (Å²) in [5.74, 6) is 0.657. The molecule has 0 saturated carbocycles. The van der Waals surface area contributed by atoms with E-state index >= 15 is 0 Å². The highest BCUT2D eigenvalue weighted by molar-refractivity contribution is 5.75. The first-order chi connectivity index (χ1) is 7.27. The maximum absolute atomic E-state index is 10.8. The van der Waals surface area contributed by atoms with Gasteiger partial charge in [-0.2, -0.15) is 0 Å². The average molecular weight is 204 g/mol. The largest absolute Gasteiger partial charge is 0.316 e. The number of nitrogens with zero attached hydrogens (tertiary/aromatic N) is 1. The van der Waals surface area contributed by atoms with Crippen LogP contribution in [-0.4, -0.2) is 13.0 Å². The lowest BCUT2D eigenvalue weighted by molar-refractivity contribution is 0.511. The van der Waals surface area contributed by atoms with Crippen LogP contribution in [0.2, 0.25) is 0 Å². The molecule has 1 aromatic rings. The Hall–Kier alpha value is -1.31. The molecule has 1 amide bonds. The Morgan fingerprint density at radius 2 is 2.00 bits per heavy atom. The Morgan fingerprint density at radius 3 is 2.53 bits per heavy atom. The van der Waals surface area contributed by atoms with Gasteiger partial charge in [0.15, 0.2) is 0 Å². The van der Waals surface area contributed by atoms with Gasteiger partial charge in [0.2, 0.25) is 0 Å². The third-order valence-electron chi connectivity index (χ3n) is 2.72. The highest BCUT2D eigenvalue weighted by Crippen LogP contribution is 2.14. The fourth-order valence-electron chi connectivity index (χ4n) is 1.39. The van der Waals surface area contributed by atoms with Crippen LogP contribution in [-0.2, 0) is 4.79 Å². The first-order valence-corrected chi connectivity index (χ1v) is 5.48. The second-order valence-electron chi connectivity index (χ2n) is 3.88. The molecule has 1 unspecified atom stereocenters. The Balaban J connectivity index is 2.53. The van der Waals surface area contributed by atoms with Crippen molar-refractivity contribution in [1.82, 2.24) is 0 Å². The van der Waals surface area contributed by atoms with E-state index in [1.165, 1.54) is 0 Å². The fraction of sp³-hybridized carbons (Fsp3) is 0.462. The molecule has 0 aliphatic rings. The number of hydrogen-bond acceptors (Lipinski definition) is 1. The number of para-hydroxylation sites is 1. The molecule has 1 aromatic carbocycles. The van der Waals surface area contributed by atoms with E-state index in [0.717, 1.165) is 25.1 Å². The van der Waals surface area contributed by atoms with Crippen LogP contribution in [0.15, 0.2) is 30.3 Å². The zero-order valence-electron chi connectivity index (χ0n) is 9.44. The van der Waals surface area contributed by atoms with Crippen molar-refractivity contribution in [2.75, 3.05) is 11.4 Å². The Labute approximate surface area is 91.9 Å². The van der Waals surface area contributed by atoms with E-state index in [-0.39, 0.29) is 0 Å². The zero-order chi connectivity index (χ0) is 11.1. The van der Waals surface area contributed by atoms with Crippen molar-refractivity contribution in [1.29, 1.82) is 0 Å². The smallest absolute Gasteiger partial charge is 0.304 e. The molecule has 0 bridgehead atoms. The Morgan fingerprint density at radius 1 is 1.33 bits per heavy atom. The number of rotatable bonds is 6. The first kappa shape index (κ1) is 11.8. The van der Waals surface area contributed by atoms with Crippen LogP contribution in [0.25, 0.3) is 0 Å². The van der Waals surface area contributed by atoms with Crippen LogP contribution in [0.5, 0.6) is 0 Å². The van der Waals surface area contributed by atoms with Crippen LogP contribution in [0, 0.1) is 5.92 Å². The summed E-state index contributed by atoms with van der Waals surface area (Å²) in [6.07, 6.45) is 4.16. The molecule has 81 valence electrons. The van der Waals surface area contributed by atoms with Crippen molar-refractivity contribution < 1.29 is 4.79 Å². The number of anilines is 1. The van der Waals surface area contributed by atoms with Gasteiger partial charge in [-0.15, -0.1) is 0 Å². The summed E-state index contributed by atoms with van der Waals surface area (Å²) in [7, 11) is 0. The molecule has 0 fully saturated rings. The minimum Gasteiger partial charge on any atom is -0.304 e. The van der Waals surface area contributed by atoms with Gasteiger partial charge in [-0.1, -0.05) is 38.5 Å². The molecule has 0 N–H and O–H groups in total. The van der Waals surface area contributed by atoms with E-state index in [1.54, 1.807) is 4.90 Å². The standard InChI is InChI=1S/C13H18NO/c1-3-12(2)9-10-14(11-15)13-7-5-4-6-8-13/h4-8,12H,3,9-10H2,1-2H3. The molecule has 0 spiro atoms. The highest BCUT2D eigenvalue weighted by atomic mass is 16.1. The van der Waals surface area contributed by atoms with Crippen LogP contribution in [0.1, 0.15) is 26.7 Å². The number of benzene rings is 1. The predicted octanol–water partition coefficient (Wildman–Crippen LogP) is 3.00. The molecule has 0 saturated heterocycles. The second-order valence-corrected chi connectivity index (χ2v) is 3.88. The van der Waals surface area contributed by atoms with Crippen molar-refractivity contribution in [2.24, 2.45) is 5.92 Å². The predicted molar refractivity (Wildman–Crippen MR) is 63.6 cm³/mol. The molecule has 0 aromatic heterocycles. The van der Waals surface area contributed by atoms with Gasteiger partial charge in [-0.05, 0) is 24.5 Å². The van der Waals surface area contributed by atoms with Crippen molar-refractivity contribution in [3.8, 4) is 0 Å². The molecule has 2 heteroatoms. The minimum absolute atomic E-state index is 0.657. The van der Waals surface area contributed by atoms with Gasteiger partial charge in [-0.3, -0.25) is 4.79 Å². The van der Waals surface area contributed by atoms with Gasteiger partial charge < -0.3 is 4.90 Å². The minimum atomic E-state index is 0.657. The summed E-state index contributed by atoms with van der Waals surface area (Å²) in [5.41, 5.74) is 0.927. The zero-order valence-corrected chi connectivity index (χ0v) is 9.44. The Bertz CT molecular complexity index is 284. The first-order valence-electron chi connectivity index (χ1n) is 5.48. The number of amides is 1. The highest BCUT2D eigenvalue weighted by Gasteiger charge is 2.07. The van der Waals surface area contributed by atoms with Crippen molar-refractivity contribution in [3.05, 3.63) is 30.3 Å². The summed E-state index contributed by atoms with van der Waals surface area (Å²) in [6.45, 7) is 5.12. The molecule has 1 rings (SSSR count). The van der Waals surface area contributed by atoms with E-state index in [4.69, 9.17) is 0 Å². The van der Waals surface area contributed by atoms with Crippen LogP contribution < -0.4 is 4.90 Å². The van der Waals surface area contributed by atoms with Gasteiger partial charge in [0.05, 0.1) is 0 Å². The van der Waals surface area contributed by atoms with Crippen LogP contribution >= 0.6 is 0 Å². The van der Waals surface area contributed by atoms with Gasteiger partial charge in [0.25, 0.3) is 0 Å². The molecular formula is C13H18NO. The second kappa shape index (κ2) is 6.23. The van der Waals surface area contributed by atoms with E-state index < -0.39 is 0 Å². The van der Waals surface area contributed by atoms with E-state index in [1.807, 2.05) is 36.7 Å². The molecular weight excluding hydrogens is 186 g/mol. The number of hydrogen-bond donors (Lipinski definition) is 0. The van der Waals surface area contributed by atoms with Crippen molar-refractivity contribution in [2.45, 2.75) is 26.7 Å². The molecule has 1 atom stereocenters.